The number of hydrogen-bond donors (Lipinski definition) is 0. The molecule has 5 nitrogen and oxygen atoms in total. The molecule has 118 valence electrons. The molecule has 0 amide bonds. The Kier molecular flexibility index (Phi) is 4.98. The monoisotopic (exact) mass is 301 g/mol. The lowest BCUT2D eigenvalue weighted by atomic mass is 10.0. The lowest BCUT2D eigenvalue weighted by molar-refractivity contribution is 0.120. The molecule has 22 heavy (non-hydrogen) atoms. The van der Waals surface area contributed by atoms with Gasteiger partial charge in [-0.2, -0.15) is 0 Å². The summed E-state index contributed by atoms with van der Waals surface area (Å²) in [7, 11) is 1.70. The number of imidazole rings is 1. The van der Waals surface area contributed by atoms with E-state index in [4.69, 9.17) is 9.26 Å². The van der Waals surface area contributed by atoms with E-state index in [-0.39, 0.29) is 6.10 Å². The maximum absolute atomic E-state index is 5.46. The topological polar surface area (TPSA) is 52.6 Å². The molecule has 0 saturated carbocycles. The Bertz CT molecular complexity index is 758. The Hall–Kier alpha value is -2.14. The van der Waals surface area contributed by atoms with Gasteiger partial charge in [0.25, 0.3) is 0 Å². The quantitative estimate of drug-likeness (QED) is 0.722. The molecule has 0 saturated heterocycles. The minimum atomic E-state index is -0.0283. The van der Waals surface area contributed by atoms with E-state index >= 15 is 0 Å². The molecular weight excluding hydrogens is 278 g/mol. The second-order valence-electron chi connectivity index (χ2n) is 4.99. The highest BCUT2D eigenvalue weighted by Crippen LogP contribution is 2.29. The van der Waals surface area contributed by atoms with E-state index in [1.165, 1.54) is 0 Å². The minimum Gasteiger partial charge on any atom is -0.377 e. The minimum absolute atomic E-state index is 0.0283. The largest absolute Gasteiger partial charge is 0.377 e. The number of aromatic nitrogens is 3. The fourth-order valence-corrected chi connectivity index (χ4v) is 2.39. The molecule has 3 rings (SSSR count). The summed E-state index contributed by atoms with van der Waals surface area (Å²) in [6.07, 6.45) is 5.69. The van der Waals surface area contributed by atoms with Crippen LogP contribution < -0.4 is 0 Å². The van der Waals surface area contributed by atoms with Gasteiger partial charge in [-0.15, -0.1) is 0 Å². The van der Waals surface area contributed by atoms with Crippen LogP contribution >= 0.6 is 0 Å². The van der Waals surface area contributed by atoms with Crippen molar-refractivity contribution in [2.24, 2.45) is 0 Å². The van der Waals surface area contributed by atoms with Crippen LogP contribution in [-0.2, 0) is 4.74 Å². The van der Waals surface area contributed by atoms with Crippen molar-refractivity contribution in [1.82, 2.24) is 14.5 Å². The van der Waals surface area contributed by atoms with Crippen LogP contribution in [0.5, 0.6) is 0 Å². The first-order valence-corrected chi connectivity index (χ1v) is 7.53. The van der Waals surface area contributed by atoms with Crippen molar-refractivity contribution in [3.8, 4) is 11.1 Å². The first-order valence-electron chi connectivity index (χ1n) is 7.53. The van der Waals surface area contributed by atoms with Gasteiger partial charge in [-0.1, -0.05) is 19.0 Å². The first kappa shape index (κ1) is 16.2. The van der Waals surface area contributed by atoms with Gasteiger partial charge in [-0.05, 0) is 26.8 Å². The highest BCUT2D eigenvalue weighted by molar-refractivity contribution is 5.68. The van der Waals surface area contributed by atoms with E-state index in [2.05, 4.69) is 16.2 Å². The zero-order valence-electron chi connectivity index (χ0n) is 14.0. The zero-order valence-corrected chi connectivity index (χ0v) is 14.0. The number of rotatable bonds is 3. The summed E-state index contributed by atoms with van der Waals surface area (Å²) in [5.41, 5.74) is 5.87. The molecule has 0 unspecified atom stereocenters. The predicted molar refractivity (Wildman–Crippen MR) is 86.9 cm³/mol. The summed E-state index contributed by atoms with van der Waals surface area (Å²) < 4.78 is 12.5. The van der Waals surface area contributed by atoms with Gasteiger partial charge in [0, 0.05) is 36.2 Å². The van der Waals surface area contributed by atoms with Crippen molar-refractivity contribution in [3.05, 3.63) is 41.7 Å². The van der Waals surface area contributed by atoms with E-state index in [1.54, 1.807) is 13.4 Å². The zero-order chi connectivity index (χ0) is 16.3. The van der Waals surface area contributed by atoms with Crippen LogP contribution in [0.4, 0.5) is 0 Å². The third-order valence-electron chi connectivity index (χ3n) is 3.55. The van der Waals surface area contributed by atoms with Gasteiger partial charge < -0.3 is 13.7 Å². The van der Waals surface area contributed by atoms with E-state index in [0.717, 1.165) is 33.7 Å². The highest BCUT2D eigenvalue weighted by atomic mass is 16.5. The molecule has 0 aliphatic heterocycles. The van der Waals surface area contributed by atoms with Crippen LogP contribution in [0.15, 0.2) is 29.2 Å². The Labute approximate surface area is 130 Å². The van der Waals surface area contributed by atoms with Crippen LogP contribution in [0.2, 0.25) is 0 Å². The number of methoxy groups -OCH3 is 1. The number of nitrogens with zero attached hydrogens (tertiary/aromatic N) is 3. The van der Waals surface area contributed by atoms with Gasteiger partial charge in [0.05, 0.1) is 17.5 Å². The summed E-state index contributed by atoms with van der Waals surface area (Å²) in [5, 5.41) is 3.94. The van der Waals surface area contributed by atoms with Crippen molar-refractivity contribution in [2.75, 3.05) is 7.11 Å². The first-order chi connectivity index (χ1) is 10.6. The molecule has 0 bridgehead atoms. The fourth-order valence-electron chi connectivity index (χ4n) is 2.39. The van der Waals surface area contributed by atoms with Crippen molar-refractivity contribution < 1.29 is 9.26 Å². The fraction of sp³-hybridized carbons (Fsp3) is 0.412. The molecule has 0 aliphatic carbocycles. The number of aryl methyl sites for hydroxylation is 2. The lowest BCUT2D eigenvalue weighted by Gasteiger charge is -2.13. The third-order valence-corrected chi connectivity index (χ3v) is 3.55. The molecule has 0 fully saturated rings. The molecule has 3 aromatic heterocycles. The molecule has 3 heterocycles. The van der Waals surface area contributed by atoms with Gasteiger partial charge in [-0.3, -0.25) is 0 Å². The number of fused-ring (bicyclic) bond motifs is 1. The molecule has 0 radical (unpaired) electrons. The van der Waals surface area contributed by atoms with Gasteiger partial charge in [0.1, 0.15) is 11.9 Å². The molecule has 0 N–H and O–H groups in total. The summed E-state index contributed by atoms with van der Waals surface area (Å²) >= 11 is 0. The average Bonchev–Trinajstić information content (AvgIpc) is 3.11. The Morgan fingerprint density at radius 3 is 2.55 bits per heavy atom. The number of ether oxygens (including phenoxy) is 1. The standard InChI is InChI=1S/C15H17N3O2.C2H6/c1-9-6-18-7-12(14-8-20-17-10(14)2)5-13(11(3)19-4)15(18)16-9;1-2/h5-8,11H,1-4H3;1-2H3/t11-;/m1./s1. The van der Waals surface area contributed by atoms with Crippen molar-refractivity contribution in [1.29, 1.82) is 0 Å². The van der Waals surface area contributed by atoms with E-state index < -0.39 is 0 Å². The maximum atomic E-state index is 5.46. The predicted octanol–water partition coefficient (Wildman–Crippen LogP) is 4.34. The summed E-state index contributed by atoms with van der Waals surface area (Å²) in [4.78, 5) is 4.57. The van der Waals surface area contributed by atoms with Gasteiger partial charge >= 0.3 is 0 Å². The Morgan fingerprint density at radius 1 is 1.23 bits per heavy atom. The second-order valence-corrected chi connectivity index (χ2v) is 4.99. The Balaban J connectivity index is 0.000000847. The summed E-state index contributed by atoms with van der Waals surface area (Å²) in [5.74, 6) is 0. The molecule has 3 aromatic rings. The SMILES string of the molecule is CC.CO[C@H](C)c1cc(-c2conc2C)cn2cc(C)nc12. The van der Waals surface area contributed by atoms with Crippen molar-refractivity contribution in [3.63, 3.8) is 0 Å². The van der Waals surface area contributed by atoms with E-state index in [0.29, 0.717) is 0 Å². The van der Waals surface area contributed by atoms with Crippen LogP contribution in [0, 0.1) is 13.8 Å². The van der Waals surface area contributed by atoms with Crippen LogP contribution in [0.25, 0.3) is 16.8 Å². The molecular formula is C17H23N3O2. The highest BCUT2D eigenvalue weighted by Gasteiger charge is 2.15. The summed E-state index contributed by atoms with van der Waals surface area (Å²) in [6, 6.07) is 2.09. The van der Waals surface area contributed by atoms with Gasteiger partial charge in [-0.25, -0.2) is 4.98 Å². The molecule has 5 heteroatoms. The van der Waals surface area contributed by atoms with Crippen LogP contribution in [0.3, 0.4) is 0 Å². The molecule has 0 aliphatic rings. The van der Waals surface area contributed by atoms with E-state index in [9.17, 15) is 0 Å². The third kappa shape index (κ3) is 2.90. The van der Waals surface area contributed by atoms with E-state index in [1.807, 2.05) is 51.4 Å². The molecule has 0 spiro atoms. The maximum Gasteiger partial charge on any atom is 0.142 e. The van der Waals surface area contributed by atoms with Crippen LogP contribution in [0.1, 0.15) is 43.8 Å². The second kappa shape index (κ2) is 6.75. The van der Waals surface area contributed by atoms with Gasteiger partial charge in [0.2, 0.25) is 0 Å². The van der Waals surface area contributed by atoms with Crippen molar-refractivity contribution in [2.45, 2.75) is 40.7 Å². The average molecular weight is 301 g/mol. The van der Waals surface area contributed by atoms with Crippen LogP contribution in [-0.4, -0.2) is 21.7 Å². The molecule has 0 aromatic carbocycles. The normalized spacial score (nSPS) is 12.1. The smallest absolute Gasteiger partial charge is 0.142 e. The number of hydrogen-bond acceptors (Lipinski definition) is 4. The lowest BCUT2D eigenvalue weighted by Crippen LogP contribution is -2.01. The number of pyridine rings is 1. The van der Waals surface area contributed by atoms with Gasteiger partial charge in [0.15, 0.2) is 0 Å². The summed E-state index contributed by atoms with van der Waals surface area (Å²) in [6.45, 7) is 9.93. The molecule has 1 atom stereocenters. The Morgan fingerprint density at radius 2 is 1.95 bits per heavy atom. The van der Waals surface area contributed by atoms with Crippen molar-refractivity contribution >= 4 is 5.65 Å².